The Kier molecular flexibility index (Phi) is 5.44. The molecule has 2 aromatic carbocycles. The molecule has 6 heteroatoms. The van der Waals surface area contributed by atoms with Crippen molar-refractivity contribution < 1.29 is 9.53 Å². The Hall–Kier alpha value is -2.27. The Morgan fingerprint density at radius 1 is 1.07 bits per heavy atom. The highest BCUT2D eigenvalue weighted by Crippen LogP contribution is 2.38. The average Bonchev–Trinajstić information content (AvgIpc) is 3.30. The average molecular weight is 430 g/mol. The number of nitrogens with zero attached hydrogens (tertiary/aromatic N) is 1. The minimum atomic E-state index is -0.343. The van der Waals surface area contributed by atoms with E-state index < -0.39 is 0 Å². The summed E-state index contributed by atoms with van der Waals surface area (Å²) in [5.74, 6) is -0.343. The van der Waals surface area contributed by atoms with Gasteiger partial charge in [-0.15, -0.1) is 0 Å². The summed E-state index contributed by atoms with van der Waals surface area (Å²) in [7, 11) is 0. The molecule has 0 amide bonds. The lowest BCUT2D eigenvalue weighted by molar-refractivity contribution is 0.0516. The largest absolute Gasteiger partial charge is 0.461 e. The smallest absolute Gasteiger partial charge is 0.355 e. The van der Waals surface area contributed by atoms with Gasteiger partial charge in [-0.3, -0.25) is 0 Å². The van der Waals surface area contributed by atoms with E-state index in [-0.39, 0.29) is 5.97 Å². The lowest BCUT2D eigenvalue weighted by Crippen LogP contribution is -2.14. The second-order valence-electron chi connectivity index (χ2n) is 6.33. The molecule has 0 aliphatic rings. The van der Waals surface area contributed by atoms with Crippen LogP contribution in [-0.2, 0) is 11.3 Å². The molecule has 142 valence electrons. The Bertz CT molecular complexity index is 1130. The third kappa shape index (κ3) is 3.55. The summed E-state index contributed by atoms with van der Waals surface area (Å²) in [6.07, 6.45) is 0. The fourth-order valence-corrected chi connectivity index (χ4v) is 4.32. The molecule has 0 spiro atoms. The third-order valence-electron chi connectivity index (χ3n) is 4.56. The van der Waals surface area contributed by atoms with Crippen LogP contribution in [0.4, 0.5) is 0 Å². The lowest BCUT2D eigenvalue weighted by Gasteiger charge is -2.12. The van der Waals surface area contributed by atoms with Gasteiger partial charge < -0.3 is 9.30 Å². The zero-order valence-electron chi connectivity index (χ0n) is 15.1. The van der Waals surface area contributed by atoms with Gasteiger partial charge in [-0.2, -0.15) is 11.3 Å². The van der Waals surface area contributed by atoms with E-state index >= 15 is 0 Å². The van der Waals surface area contributed by atoms with Gasteiger partial charge in [-0.1, -0.05) is 35.3 Å². The van der Waals surface area contributed by atoms with Crippen LogP contribution in [0.1, 0.15) is 23.0 Å². The van der Waals surface area contributed by atoms with Crippen molar-refractivity contribution in [1.29, 1.82) is 0 Å². The van der Waals surface area contributed by atoms with Crippen molar-refractivity contribution in [3.63, 3.8) is 0 Å². The summed E-state index contributed by atoms with van der Waals surface area (Å²) in [5.41, 5.74) is 4.34. The van der Waals surface area contributed by atoms with Crippen molar-refractivity contribution in [3.05, 3.63) is 80.6 Å². The van der Waals surface area contributed by atoms with Gasteiger partial charge in [0, 0.05) is 33.1 Å². The molecular formula is C22H17Cl2NO2S. The number of esters is 1. The molecule has 4 aromatic rings. The summed E-state index contributed by atoms with van der Waals surface area (Å²) in [6.45, 7) is 2.64. The lowest BCUT2D eigenvalue weighted by atomic mass is 10.0. The van der Waals surface area contributed by atoms with E-state index in [1.54, 1.807) is 11.3 Å². The summed E-state index contributed by atoms with van der Waals surface area (Å²) in [6, 6.07) is 15.3. The predicted molar refractivity (Wildman–Crippen MR) is 117 cm³/mol. The molecule has 0 saturated heterocycles. The summed E-state index contributed by atoms with van der Waals surface area (Å²) in [4.78, 5) is 13.0. The predicted octanol–water partition coefficient (Wildman–Crippen LogP) is 6.90. The van der Waals surface area contributed by atoms with Gasteiger partial charge in [-0.05, 0) is 65.2 Å². The highest BCUT2D eigenvalue weighted by atomic mass is 35.5. The van der Waals surface area contributed by atoms with Gasteiger partial charge in [0.05, 0.1) is 6.61 Å². The Labute approximate surface area is 177 Å². The fourth-order valence-electron chi connectivity index (χ4n) is 3.37. The van der Waals surface area contributed by atoms with Gasteiger partial charge >= 0.3 is 5.97 Å². The second kappa shape index (κ2) is 8.00. The first-order valence-corrected chi connectivity index (χ1v) is 10.5. The molecule has 0 bridgehead atoms. The molecule has 0 atom stereocenters. The van der Waals surface area contributed by atoms with E-state index in [2.05, 4.69) is 0 Å². The van der Waals surface area contributed by atoms with Gasteiger partial charge in [0.1, 0.15) is 5.69 Å². The number of halogens is 2. The zero-order chi connectivity index (χ0) is 19.7. The Morgan fingerprint density at radius 2 is 1.82 bits per heavy atom. The van der Waals surface area contributed by atoms with E-state index in [9.17, 15) is 4.79 Å². The first kappa shape index (κ1) is 19.1. The fraction of sp³-hybridized carbons (Fsp3) is 0.136. The van der Waals surface area contributed by atoms with E-state index in [1.165, 1.54) is 0 Å². The molecule has 0 aliphatic carbocycles. The van der Waals surface area contributed by atoms with E-state index in [4.69, 9.17) is 27.9 Å². The number of carbonyl (C=O) groups excluding carboxylic acids is 1. The molecule has 2 aromatic heterocycles. The normalized spacial score (nSPS) is 11.1. The summed E-state index contributed by atoms with van der Waals surface area (Å²) >= 11 is 13.9. The molecule has 0 aliphatic heterocycles. The topological polar surface area (TPSA) is 31.2 Å². The maximum Gasteiger partial charge on any atom is 0.355 e. The Morgan fingerprint density at radius 3 is 2.50 bits per heavy atom. The third-order valence-corrected chi connectivity index (χ3v) is 5.73. The van der Waals surface area contributed by atoms with Crippen LogP contribution in [0.5, 0.6) is 0 Å². The molecule has 4 rings (SSSR count). The number of hydrogen-bond donors (Lipinski definition) is 0. The van der Waals surface area contributed by atoms with Crippen LogP contribution in [0.25, 0.3) is 22.0 Å². The molecule has 28 heavy (non-hydrogen) atoms. The molecule has 3 nitrogen and oxygen atoms in total. The molecule has 2 heterocycles. The van der Waals surface area contributed by atoms with Crippen LogP contribution < -0.4 is 0 Å². The van der Waals surface area contributed by atoms with Crippen molar-refractivity contribution in [2.75, 3.05) is 6.61 Å². The van der Waals surface area contributed by atoms with Crippen LogP contribution in [0, 0.1) is 0 Å². The van der Waals surface area contributed by atoms with Crippen LogP contribution in [0.3, 0.4) is 0 Å². The van der Waals surface area contributed by atoms with E-state index in [1.807, 2.05) is 70.8 Å². The van der Waals surface area contributed by atoms with Crippen LogP contribution >= 0.6 is 34.5 Å². The minimum absolute atomic E-state index is 0.311. The molecule has 0 N–H and O–H groups in total. The van der Waals surface area contributed by atoms with Gasteiger partial charge in [0.2, 0.25) is 0 Å². The maximum absolute atomic E-state index is 13.0. The van der Waals surface area contributed by atoms with Crippen molar-refractivity contribution in [2.45, 2.75) is 13.5 Å². The summed E-state index contributed by atoms with van der Waals surface area (Å²) < 4.78 is 7.41. The van der Waals surface area contributed by atoms with Gasteiger partial charge in [-0.25, -0.2) is 4.79 Å². The van der Waals surface area contributed by atoms with Gasteiger partial charge in [0.15, 0.2) is 0 Å². The number of ether oxygens (including phenoxy) is 1. The Balaban J connectivity index is 1.99. The number of aromatic nitrogens is 1. The maximum atomic E-state index is 13.0. The van der Waals surface area contributed by atoms with Gasteiger partial charge in [0.25, 0.3) is 0 Å². The molecule has 0 radical (unpaired) electrons. The number of hydrogen-bond acceptors (Lipinski definition) is 3. The first-order valence-electron chi connectivity index (χ1n) is 8.84. The molecule has 0 unspecified atom stereocenters. The van der Waals surface area contributed by atoms with E-state index in [0.717, 1.165) is 27.6 Å². The molecular weight excluding hydrogens is 413 g/mol. The van der Waals surface area contributed by atoms with Crippen molar-refractivity contribution >= 4 is 51.4 Å². The van der Waals surface area contributed by atoms with Crippen LogP contribution in [0.15, 0.2) is 59.3 Å². The highest BCUT2D eigenvalue weighted by Gasteiger charge is 2.25. The van der Waals surface area contributed by atoms with E-state index in [0.29, 0.717) is 28.9 Å². The number of rotatable bonds is 5. The van der Waals surface area contributed by atoms with Crippen molar-refractivity contribution in [1.82, 2.24) is 4.57 Å². The zero-order valence-corrected chi connectivity index (χ0v) is 17.4. The van der Waals surface area contributed by atoms with Crippen molar-refractivity contribution in [2.24, 2.45) is 0 Å². The molecule has 0 saturated carbocycles. The standard InChI is InChI=1S/C22H17Cl2NO2S/c1-2-27-22(26)21-20(15-9-10-28-13-15)18-11-17(24)7-8-19(18)25(21)12-14-3-5-16(23)6-4-14/h3-11,13H,2,12H2,1H3. The quantitative estimate of drug-likeness (QED) is 0.323. The second-order valence-corrected chi connectivity index (χ2v) is 7.98. The number of benzene rings is 2. The first-order chi connectivity index (χ1) is 13.6. The monoisotopic (exact) mass is 429 g/mol. The minimum Gasteiger partial charge on any atom is -0.461 e. The summed E-state index contributed by atoms with van der Waals surface area (Å²) in [5, 5.41) is 6.27. The highest BCUT2D eigenvalue weighted by molar-refractivity contribution is 7.08. The van der Waals surface area contributed by atoms with Crippen LogP contribution in [0.2, 0.25) is 10.0 Å². The van der Waals surface area contributed by atoms with Crippen molar-refractivity contribution in [3.8, 4) is 11.1 Å². The number of thiophene rings is 1. The SMILES string of the molecule is CCOC(=O)c1c(-c2ccsc2)c2cc(Cl)ccc2n1Cc1ccc(Cl)cc1. The number of fused-ring (bicyclic) bond motifs is 1. The number of carbonyl (C=O) groups is 1. The van der Waals surface area contributed by atoms with Crippen LogP contribution in [-0.4, -0.2) is 17.1 Å². The molecule has 0 fully saturated rings.